The molecule has 16 heteroatoms. The number of imidazole rings is 1. The topological polar surface area (TPSA) is 206 Å². The molecule has 6 atom stereocenters. The highest BCUT2D eigenvalue weighted by Crippen LogP contribution is 2.49. The molecule has 3 heterocycles. The molecule has 4 aromatic rings. The molecule has 2 aromatic heterocycles. The summed E-state index contributed by atoms with van der Waals surface area (Å²) in [5, 5.41) is 25.7. The second-order valence-corrected chi connectivity index (χ2v) is 11.9. The summed E-state index contributed by atoms with van der Waals surface area (Å²) in [7, 11) is -3.15. The van der Waals surface area contributed by atoms with Gasteiger partial charge in [-0.1, -0.05) is 36.4 Å². The van der Waals surface area contributed by atoms with Crippen LogP contribution in [0.25, 0.3) is 21.9 Å². The number of anilines is 1. The van der Waals surface area contributed by atoms with Crippen molar-refractivity contribution in [1.29, 1.82) is 5.26 Å². The number of hydrogen-bond acceptors (Lipinski definition) is 13. The Morgan fingerprint density at radius 1 is 1.30 bits per heavy atom. The third-order valence-electron chi connectivity index (χ3n) is 7.24. The van der Waals surface area contributed by atoms with Crippen molar-refractivity contribution in [2.24, 2.45) is 5.92 Å². The summed E-state index contributed by atoms with van der Waals surface area (Å²) in [5.74, 6) is -1.55. The number of aliphatic hydroxyl groups is 1. The zero-order chi connectivity index (χ0) is 31.6. The number of nitrogens with zero attached hydrogens (tertiary/aromatic N) is 5. The average Bonchev–Trinajstić information content (AvgIpc) is 3.52. The van der Waals surface area contributed by atoms with Crippen LogP contribution in [0.5, 0.6) is 11.6 Å². The number of nitriles is 1. The monoisotopic (exact) mass is 625 g/mol. The van der Waals surface area contributed by atoms with E-state index in [4.69, 9.17) is 29.0 Å². The summed E-state index contributed by atoms with van der Waals surface area (Å²) < 4.78 is 43.8. The molecule has 232 valence electrons. The fraction of sp³-hybridized carbons (Fsp3) is 0.393. The summed E-state index contributed by atoms with van der Waals surface area (Å²) in [4.78, 5) is 24.9. The van der Waals surface area contributed by atoms with E-state index in [0.29, 0.717) is 12.0 Å². The molecule has 0 saturated carbocycles. The number of nitrogens with two attached hydrogens (primary N) is 1. The van der Waals surface area contributed by atoms with Crippen LogP contribution in [-0.2, 0) is 23.4 Å². The number of aromatic nitrogens is 4. The summed E-state index contributed by atoms with van der Waals surface area (Å²) in [6.45, 7) is 4.42. The number of methoxy groups -OCH3 is 1. The molecule has 0 aliphatic carbocycles. The molecule has 0 bridgehead atoms. The normalized spacial score (nSPS) is 23.6. The Labute approximate surface area is 252 Å². The predicted octanol–water partition coefficient (Wildman–Crippen LogP) is 3.10. The van der Waals surface area contributed by atoms with E-state index in [1.807, 2.05) is 18.2 Å². The zero-order valence-electron chi connectivity index (χ0n) is 24.4. The number of carbonyl (C=O) groups is 1. The van der Waals surface area contributed by atoms with Gasteiger partial charge in [0.25, 0.3) is 0 Å². The highest BCUT2D eigenvalue weighted by atomic mass is 31.2. The first-order valence-corrected chi connectivity index (χ1v) is 15.2. The summed E-state index contributed by atoms with van der Waals surface area (Å²) in [6.07, 6.45) is -0.915. The van der Waals surface area contributed by atoms with E-state index in [-0.39, 0.29) is 28.7 Å². The van der Waals surface area contributed by atoms with Gasteiger partial charge < -0.3 is 29.6 Å². The molecule has 1 saturated heterocycles. The van der Waals surface area contributed by atoms with Crippen molar-refractivity contribution in [3.63, 3.8) is 0 Å². The maximum atomic E-state index is 14.2. The van der Waals surface area contributed by atoms with Gasteiger partial charge in [-0.15, -0.1) is 0 Å². The van der Waals surface area contributed by atoms with Crippen molar-refractivity contribution in [2.75, 3.05) is 26.1 Å². The van der Waals surface area contributed by atoms with Crippen LogP contribution in [0, 0.1) is 17.2 Å². The second kappa shape index (κ2) is 12.4. The fourth-order valence-corrected chi connectivity index (χ4v) is 6.47. The van der Waals surface area contributed by atoms with Gasteiger partial charge in [-0.3, -0.25) is 13.9 Å². The highest BCUT2D eigenvalue weighted by molar-refractivity contribution is 7.52. The molecule has 5 rings (SSSR count). The molecule has 0 spiro atoms. The minimum atomic E-state index is -4.34. The Balaban J connectivity index is 1.45. The molecular weight excluding hydrogens is 593 g/mol. The number of hydrogen-bond donors (Lipinski definition) is 3. The number of rotatable bonds is 11. The van der Waals surface area contributed by atoms with E-state index in [1.54, 1.807) is 31.2 Å². The van der Waals surface area contributed by atoms with E-state index in [2.05, 4.69) is 26.1 Å². The van der Waals surface area contributed by atoms with Gasteiger partial charge in [-0.05, 0) is 32.2 Å². The molecular formula is C28H32N7O8P. The van der Waals surface area contributed by atoms with Crippen molar-refractivity contribution in [3.8, 4) is 17.7 Å². The van der Waals surface area contributed by atoms with Crippen molar-refractivity contribution in [3.05, 3.63) is 48.8 Å². The molecule has 15 nitrogen and oxygen atoms in total. The minimum absolute atomic E-state index is 0.0850. The maximum absolute atomic E-state index is 14.2. The van der Waals surface area contributed by atoms with Crippen molar-refractivity contribution in [1.82, 2.24) is 24.6 Å². The molecule has 1 aliphatic rings. The van der Waals surface area contributed by atoms with Crippen LogP contribution >= 0.6 is 7.75 Å². The lowest BCUT2D eigenvalue weighted by atomic mass is 9.87. The number of benzene rings is 2. The number of nitrogen functional groups attached to an aromatic ring is 1. The van der Waals surface area contributed by atoms with Gasteiger partial charge in [0.15, 0.2) is 17.4 Å². The van der Waals surface area contributed by atoms with E-state index >= 15 is 0 Å². The van der Waals surface area contributed by atoms with Gasteiger partial charge >= 0.3 is 13.7 Å². The van der Waals surface area contributed by atoms with Crippen LogP contribution in [0.1, 0.15) is 27.0 Å². The summed E-state index contributed by atoms with van der Waals surface area (Å²) >= 11 is 0. The predicted molar refractivity (Wildman–Crippen MR) is 157 cm³/mol. The number of ether oxygens (including phenoxy) is 3. The molecule has 1 aliphatic heterocycles. The van der Waals surface area contributed by atoms with Crippen LogP contribution in [0.15, 0.2) is 48.8 Å². The number of esters is 1. The van der Waals surface area contributed by atoms with Gasteiger partial charge in [-0.25, -0.2) is 9.55 Å². The average molecular weight is 626 g/mol. The van der Waals surface area contributed by atoms with E-state index < -0.39 is 50.2 Å². The van der Waals surface area contributed by atoms with Crippen molar-refractivity contribution in [2.45, 2.75) is 44.7 Å². The summed E-state index contributed by atoms with van der Waals surface area (Å²) in [6, 6.07) is 13.5. The Hall–Kier alpha value is -4.32. The zero-order valence-corrected chi connectivity index (χ0v) is 25.3. The number of fused-ring (bicyclic) bond motifs is 2. The largest absolute Gasteiger partial charge is 0.476 e. The maximum Gasteiger partial charge on any atom is 0.459 e. The SMILES string of the molecule is CCOc1nc(N)nc2c1ncn2[C@@H]1O[C@H](COP(=O)(N[C@@H](C)C(=O)OC)Oc2cccc3ccccc23)[C@@](C)(O)[C@H]1C#N. The van der Waals surface area contributed by atoms with Crippen molar-refractivity contribution < 1.29 is 37.7 Å². The van der Waals surface area contributed by atoms with E-state index in [0.717, 1.165) is 5.39 Å². The van der Waals surface area contributed by atoms with Crippen LogP contribution in [0.2, 0.25) is 0 Å². The quantitative estimate of drug-likeness (QED) is 0.162. The lowest BCUT2D eigenvalue weighted by Crippen LogP contribution is -2.43. The Bertz CT molecular complexity index is 1770. The Morgan fingerprint density at radius 2 is 2.05 bits per heavy atom. The van der Waals surface area contributed by atoms with E-state index in [9.17, 15) is 19.7 Å². The van der Waals surface area contributed by atoms with Gasteiger partial charge in [0.05, 0.1) is 32.7 Å². The first kappa shape index (κ1) is 31.1. The molecule has 1 fully saturated rings. The van der Waals surface area contributed by atoms with Crippen LogP contribution in [-0.4, -0.2) is 68.7 Å². The molecule has 44 heavy (non-hydrogen) atoms. The lowest BCUT2D eigenvalue weighted by molar-refractivity contribution is -0.142. The first-order chi connectivity index (χ1) is 21.0. The summed E-state index contributed by atoms with van der Waals surface area (Å²) in [5.41, 5.74) is 4.59. The highest BCUT2D eigenvalue weighted by Gasteiger charge is 2.55. The molecule has 4 N–H and O–H groups in total. The third-order valence-corrected chi connectivity index (χ3v) is 8.87. The van der Waals surface area contributed by atoms with Gasteiger partial charge in [0.2, 0.25) is 11.8 Å². The van der Waals surface area contributed by atoms with Crippen LogP contribution < -0.4 is 20.1 Å². The van der Waals surface area contributed by atoms with Crippen LogP contribution in [0.3, 0.4) is 0 Å². The van der Waals surface area contributed by atoms with Crippen molar-refractivity contribution >= 4 is 41.6 Å². The lowest BCUT2D eigenvalue weighted by Gasteiger charge is -2.28. The third kappa shape index (κ3) is 5.90. The standard InChI is InChI=1S/C28H32N7O8P/c1-5-40-24-22-23(32-27(30)33-24)35(15-31-22)25-19(13-29)28(3,37)21(42-25)14-41-44(38,34-16(2)26(36)39-4)43-20-12-8-10-17-9-6-7-11-18(17)20/h6-12,15-16,19,21,25,37H,5,14H2,1-4H3,(H,34,38)(H2,30,32,33)/t16-,19-,21+,25+,28-,44?/m0/s1. The second-order valence-electron chi connectivity index (χ2n) is 10.2. The van der Waals surface area contributed by atoms with Gasteiger partial charge in [0.1, 0.15) is 29.4 Å². The molecule has 1 unspecified atom stereocenters. The van der Waals surface area contributed by atoms with E-state index in [1.165, 1.54) is 31.9 Å². The number of nitrogens with one attached hydrogen (secondary N) is 1. The Kier molecular flexibility index (Phi) is 8.73. The number of carbonyl (C=O) groups excluding carboxylic acids is 1. The smallest absolute Gasteiger partial charge is 0.459 e. The first-order valence-electron chi connectivity index (χ1n) is 13.7. The Morgan fingerprint density at radius 3 is 2.77 bits per heavy atom. The molecule has 2 aromatic carbocycles. The van der Waals surface area contributed by atoms with Crippen LogP contribution in [0.4, 0.5) is 5.95 Å². The minimum Gasteiger partial charge on any atom is -0.476 e. The molecule has 0 amide bonds. The van der Waals surface area contributed by atoms with Gasteiger partial charge in [-0.2, -0.15) is 20.3 Å². The fourth-order valence-electron chi connectivity index (χ4n) is 4.96. The van der Waals surface area contributed by atoms with Gasteiger partial charge in [0, 0.05) is 5.39 Å². The molecule has 0 radical (unpaired) electrons.